The van der Waals surface area contributed by atoms with Crippen LogP contribution in [0.1, 0.15) is 30.6 Å². The van der Waals surface area contributed by atoms with Crippen molar-refractivity contribution >= 4 is 11.7 Å². The van der Waals surface area contributed by atoms with Gasteiger partial charge in [0, 0.05) is 6.07 Å². The Kier molecular flexibility index (Phi) is 3.97. The van der Waals surface area contributed by atoms with Crippen molar-refractivity contribution in [2.45, 2.75) is 26.4 Å². The minimum atomic E-state index is -1.31. The summed E-state index contributed by atoms with van der Waals surface area (Å²) in [7, 11) is 0. The van der Waals surface area contributed by atoms with Crippen LogP contribution in [0.5, 0.6) is 5.88 Å². The molecule has 7 nitrogen and oxygen atoms in total. The van der Waals surface area contributed by atoms with Gasteiger partial charge in [0.15, 0.2) is 0 Å². The summed E-state index contributed by atoms with van der Waals surface area (Å²) in [6, 6.07) is 0.938. The van der Waals surface area contributed by atoms with Crippen LogP contribution in [-0.4, -0.2) is 27.1 Å². The SMILES string of the molecule is CCC(C)Oc1ncc([N+](=O)[O-])cc1C(=O)O. The van der Waals surface area contributed by atoms with Crippen molar-refractivity contribution < 1.29 is 19.6 Å². The summed E-state index contributed by atoms with van der Waals surface area (Å²) in [6.45, 7) is 3.63. The number of aromatic carboxylic acids is 1. The van der Waals surface area contributed by atoms with Crippen LogP contribution in [0.3, 0.4) is 0 Å². The Hall–Kier alpha value is -2.18. The first kappa shape index (κ1) is 12.9. The van der Waals surface area contributed by atoms with Gasteiger partial charge >= 0.3 is 5.97 Å². The molecule has 1 aromatic rings. The zero-order chi connectivity index (χ0) is 13.0. The number of hydrogen-bond acceptors (Lipinski definition) is 5. The molecule has 1 aromatic heterocycles. The molecule has 0 saturated carbocycles. The second-order valence-electron chi connectivity index (χ2n) is 3.45. The molecular formula is C10H12N2O5. The predicted molar refractivity (Wildman–Crippen MR) is 58.2 cm³/mol. The third-order valence-electron chi connectivity index (χ3n) is 2.17. The first-order valence-corrected chi connectivity index (χ1v) is 5.00. The van der Waals surface area contributed by atoms with Crippen molar-refractivity contribution in [3.05, 3.63) is 27.9 Å². The fourth-order valence-electron chi connectivity index (χ4n) is 1.06. The van der Waals surface area contributed by atoms with Crippen LogP contribution in [0.4, 0.5) is 5.69 Å². The molecule has 7 heteroatoms. The molecule has 1 atom stereocenters. The Bertz CT molecular complexity index is 446. The van der Waals surface area contributed by atoms with Crippen LogP contribution in [0.15, 0.2) is 12.3 Å². The summed E-state index contributed by atoms with van der Waals surface area (Å²) in [5.41, 5.74) is -0.682. The van der Waals surface area contributed by atoms with Crippen molar-refractivity contribution in [3.8, 4) is 5.88 Å². The van der Waals surface area contributed by atoms with E-state index >= 15 is 0 Å². The average Bonchev–Trinajstić information content (AvgIpc) is 2.28. The summed E-state index contributed by atoms with van der Waals surface area (Å²) in [5, 5.41) is 19.4. The van der Waals surface area contributed by atoms with E-state index in [0.29, 0.717) is 6.42 Å². The maximum Gasteiger partial charge on any atom is 0.341 e. The number of aromatic nitrogens is 1. The summed E-state index contributed by atoms with van der Waals surface area (Å²) < 4.78 is 5.28. The van der Waals surface area contributed by atoms with Crippen molar-refractivity contribution in [3.63, 3.8) is 0 Å². The maximum absolute atomic E-state index is 10.9. The molecule has 1 heterocycles. The highest BCUT2D eigenvalue weighted by atomic mass is 16.6. The van der Waals surface area contributed by atoms with Gasteiger partial charge in [-0.25, -0.2) is 9.78 Å². The van der Waals surface area contributed by atoms with Gasteiger partial charge in [-0.2, -0.15) is 0 Å². The molecule has 0 aromatic carbocycles. The molecule has 1 unspecified atom stereocenters. The molecule has 0 aliphatic carbocycles. The molecule has 17 heavy (non-hydrogen) atoms. The van der Waals surface area contributed by atoms with Crippen LogP contribution < -0.4 is 4.74 Å². The number of ether oxygens (including phenoxy) is 1. The highest BCUT2D eigenvalue weighted by Gasteiger charge is 2.19. The molecule has 0 spiro atoms. The Balaban J connectivity index is 3.13. The lowest BCUT2D eigenvalue weighted by atomic mass is 10.2. The number of carbonyl (C=O) groups is 1. The Morgan fingerprint density at radius 1 is 1.71 bits per heavy atom. The second kappa shape index (κ2) is 5.24. The normalized spacial score (nSPS) is 11.9. The molecule has 0 amide bonds. The topological polar surface area (TPSA) is 103 Å². The number of carboxylic acid groups (broad SMARTS) is 1. The molecular weight excluding hydrogens is 228 g/mol. The zero-order valence-corrected chi connectivity index (χ0v) is 9.41. The first-order chi connectivity index (χ1) is 7.95. The molecule has 0 aliphatic heterocycles. The Morgan fingerprint density at radius 3 is 2.82 bits per heavy atom. The number of hydrogen-bond donors (Lipinski definition) is 1. The molecule has 0 radical (unpaired) electrons. The second-order valence-corrected chi connectivity index (χ2v) is 3.45. The van der Waals surface area contributed by atoms with E-state index < -0.39 is 10.9 Å². The van der Waals surface area contributed by atoms with E-state index in [-0.39, 0.29) is 23.2 Å². The highest BCUT2D eigenvalue weighted by Crippen LogP contribution is 2.22. The number of carboxylic acids is 1. The lowest BCUT2D eigenvalue weighted by Gasteiger charge is -2.12. The third kappa shape index (κ3) is 3.13. The van der Waals surface area contributed by atoms with Crippen molar-refractivity contribution in [2.75, 3.05) is 0 Å². The van der Waals surface area contributed by atoms with Gasteiger partial charge in [-0.15, -0.1) is 0 Å². The summed E-state index contributed by atoms with van der Waals surface area (Å²) in [6.07, 6.45) is 1.45. The molecule has 0 aliphatic rings. The van der Waals surface area contributed by atoms with Crippen LogP contribution in [0.2, 0.25) is 0 Å². The van der Waals surface area contributed by atoms with Gasteiger partial charge in [0.1, 0.15) is 11.8 Å². The Labute approximate surface area is 97.2 Å². The molecule has 0 saturated heterocycles. The zero-order valence-electron chi connectivity index (χ0n) is 9.41. The summed E-state index contributed by atoms with van der Waals surface area (Å²) in [4.78, 5) is 24.4. The minimum absolute atomic E-state index is 0.0996. The molecule has 1 N–H and O–H groups in total. The van der Waals surface area contributed by atoms with E-state index in [1.807, 2.05) is 6.92 Å². The van der Waals surface area contributed by atoms with E-state index in [1.54, 1.807) is 6.92 Å². The fraction of sp³-hybridized carbons (Fsp3) is 0.400. The van der Waals surface area contributed by atoms with Crippen LogP contribution in [0.25, 0.3) is 0 Å². The Morgan fingerprint density at radius 2 is 2.35 bits per heavy atom. The van der Waals surface area contributed by atoms with Gasteiger partial charge in [-0.05, 0) is 13.3 Å². The van der Waals surface area contributed by atoms with Crippen LogP contribution >= 0.6 is 0 Å². The maximum atomic E-state index is 10.9. The fourth-order valence-corrected chi connectivity index (χ4v) is 1.06. The minimum Gasteiger partial charge on any atom is -0.477 e. The van der Waals surface area contributed by atoms with E-state index in [4.69, 9.17) is 9.84 Å². The largest absolute Gasteiger partial charge is 0.477 e. The number of nitrogens with zero attached hydrogens (tertiary/aromatic N) is 2. The molecule has 92 valence electrons. The van der Waals surface area contributed by atoms with Gasteiger partial charge in [0.25, 0.3) is 5.69 Å². The van der Waals surface area contributed by atoms with E-state index in [0.717, 1.165) is 12.3 Å². The molecule has 1 rings (SSSR count). The van der Waals surface area contributed by atoms with Gasteiger partial charge < -0.3 is 9.84 Å². The quantitative estimate of drug-likeness (QED) is 0.622. The lowest BCUT2D eigenvalue weighted by molar-refractivity contribution is -0.385. The number of nitro groups is 1. The van der Waals surface area contributed by atoms with Gasteiger partial charge in [-0.3, -0.25) is 10.1 Å². The molecule has 0 bridgehead atoms. The third-order valence-corrected chi connectivity index (χ3v) is 2.17. The monoisotopic (exact) mass is 240 g/mol. The van der Waals surface area contributed by atoms with Gasteiger partial charge in [0.05, 0.1) is 11.0 Å². The van der Waals surface area contributed by atoms with Crippen molar-refractivity contribution in [2.24, 2.45) is 0 Å². The van der Waals surface area contributed by atoms with E-state index in [2.05, 4.69) is 4.98 Å². The van der Waals surface area contributed by atoms with Crippen molar-refractivity contribution in [1.82, 2.24) is 4.98 Å². The highest BCUT2D eigenvalue weighted by molar-refractivity contribution is 5.90. The number of rotatable bonds is 5. The van der Waals surface area contributed by atoms with Gasteiger partial charge in [0.2, 0.25) is 5.88 Å². The first-order valence-electron chi connectivity index (χ1n) is 5.00. The summed E-state index contributed by atoms with van der Waals surface area (Å²) >= 11 is 0. The summed E-state index contributed by atoms with van der Waals surface area (Å²) in [5.74, 6) is -1.41. The average molecular weight is 240 g/mol. The standard InChI is InChI=1S/C10H12N2O5/c1-3-6(2)17-9-8(10(13)14)4-7(5-11-9)12(15)16/h4-6H,3H2,1-2H3,(H,13,14). The van der Waals surface area contributed by atoms with Gasteiger partial charge in [-0.1, -0.05) is 6.92 Å². The lowest BCUT2D eigenvalue weighted by Crippen LogP contribution is -2.14. The van der Waals surface area contributed by atoms with Crippen molar-refractivity contribution in [1.29, 1.82) is 0 Å². The smallest absolute Gasteiger partial charge is 0.341 e. The molecule has 0 fully saturated rings. The van der Waals surface area contributed by atoms with E-state index in [1.165, 1.54) is 0 Å². The predicted octanol–water partition coefficient (Wildman–Crippen LogP) is 1.87. The van der Waals surface area contributed by atoms with Crippen LogP contribution in [0, 0.1) is 10.1 Å². The van der Waals surface area contributed by atoms with Crippen LogP contribution in [-0.2, 0) is 0 Å². The number of pyridine rings is 1. The van der Waals surface area contributed by atoms with E-state index in [9.17, 15) is 14.9 Å².